The van der Waals surface area contributed by atoms with Crippen molar-refractivity contribution in [1.82, 2.24) is 0 Å². The molecule has 0 fully saturated rings. The lowest BCUT2D eigenvalue weighted by atomic mass is 10.00. The van der Waals surface area contributed by atoms with E-state index < -0.39 is 17.7 Å². The minimum Gasteiger partial charge on any atom is -0.495 e. The quantitative estimate of drug-likeness (QED) is 0.929. The van der Waals surface area contributed by atoms with Crippen molar-refractivity contribution >= 4 is 21.9 Å². The predicted octanol–water partition coefficient (Wildman–Crippen LogP) is 2.79. The van der Waals surface area contributed by atoms with Gasteiger partial charge in [-0.3, -0.25) is 4.79 Å². The first-order chi connectivity index (χ1) is 7.93. The third kappa shape index (κ3) is 2.52. The summed E-state index contributed by atoms with van der Waals surface area (Å²) in [7, 11) is 2.71. The fourth-order valence-corrected chi connectivity index (χ4v) is 2.19. The van der Waals surface area contributed by atoms with Crippen molar-refractivity contribution in [3.63, 3.8) is 0 Å². The highest BCUT2D eigenvalue weighted by molar-refractivity contribution is 9.10. The van der Waals surface area contributed by atoms with Crippen LogP contribution >= 0.6 is 15.9 Å². The molecule has 6 heteroatoms. The van der Waals surface area contributed by atoms with Gasteiger partial charge in [-0.05, 0) is 28.9 Å². The zero-order valence-electron chi connectivity index (χ0n) is 9.58. The second-order valence-corrected chi connectivity index (χ2v) is 4.18. The van der Waals surface area contributed by atoms with E-state index in [1.165, 1.54) is 21.1 Å². The van der Waals surface area contributed by atoms with Crippen LogP contribution in [0.15, 0.2) is 10.5 Å². The first-order valence-electron chi connectivity index (χ1n) is 4.76. The van der Waals surface area contributed by atoms with E-state index in [2.05, 4.69) is 15.9 Å². The number of methoxy groups -OCH3 is 2. The van der Waals surface area contributed by atoms with E-state index >= 15 is 0 Å². The fraction of sp³-hybridized carbons (Fsp3) is 0.364. The molecule has 0 aromatic heterocycles. The van der Waals surface area contributed by atoms with Gasteiger partial charge in [-0.15, -0.1) is 0 Å². The molecule has 1 aromatic carbocycles. The largest absolute Gasteiger partial charge is 0.495 e. The fourth-order valence-electron chi connectivity index (χ4n) is 1.45. The number of carbonyl (C=O) groups is 1. The van der Waals surface area contributed by atoms with E-state index in [1.54, 1.807) is 0 Å². The minimum atomic E-state index is -1.06. The summed E-state index contributed by atoms with van der Waals surface area (Å²) < 4.78 is 23.9. The van der Waals surface area contributed by atoms with Gasteiger partial charge in [-0.2, -0.15) is 0 Å². The standard InChI is InChI=1S/C11H12BrFO4/c1-5(11(14)15)6-4-7(13)10(17-3)8(12)9(6)16-2/h4-5H,1-3H3,(H,14,15). The molecular weight excluding hydrogens is 295 g/mol. The van der Waals surface area contributed by atoms with Crippen molar-refractivity contribution in [2.75, 3.05) is 14.2 Å². The Balaban J connectivity index is 3.46. The summed E-state index contributed by atoms with van der Waals surface area (Å²) in [6.07, 6.45) is 0. The van der Waals surface area contributed by atoms with Crippen LogP contribution in [0.25, 0.3) is 0 Å². The van der Waals surface area contributed by atoms with Crippen molar-refractivity contribution in [2.24, 2.45) is 0 Å². The van der Waals surface area contributed by atoms with E-state index in [0.717, 1.165) is 6.07 Å². The van der Waals surface area contributed by atoms with E-state index in [4.69, 9.17) is 14.6 Å². The topological polar surface area (TPSA) is 55.8 Å². The van der Waals surface area contributed by atoms with Crippen molar-refractivity contribution < 1.29 is 23.8 Å². The summed E-state index contributed by atoms with van der Waals surface area (Å²) in [5, 5.41) is 8.94. The molecule has 1 atom stereocenters. The second kappa shape index (κ2) is 5.35. The Morgan fingerprint density at radius 3 is 2.35 bits per heavy atom. The van der Waals surface area contributed by atoms with Crippen molar-refractivity contribution in [3.05, 3.63) is 21.9 Å². The number of carboxylic acid groups (broad SMARTS) is 1. The van der Waals surface area contributed by atoms with Gasteiger partial charge in [0, 0.05) is 5.56 Å². The van der Waals surface area contributed by atoms with Crippen LogP contribution in [0.3, 0.4) is 0 Å². The summed E-state index contributed by atoms with van der Waals surface area (Å²) in [6, 6.07) is 1.11. The zero-order chi connectivity index (χ0) is 13.2. The number of hydrogen-bond acceptors (Lipinski definition) is 3. The molecule has 1 N–H and O–H groups in total. The van der Waals surface area contributed by atoms with Gasteiger partial charge in [-0.1, -0.05) is 0 Å². The third-order valence-electron chi connectivity index (χ3n) is 2.41. The molecule has 0 heterocycles. The molecule has 0 radical (unpaired) electrons. The molecule has 17 heavy (non-hydrogen) atoms. The number of rotatable bonds is 4. The Kier molecular flexibility index (Phi) is 4.34. The van der Waals surface area contributed by atoms with Crippen molar-refractivity contribution in [3.8, 4) is 11.5 Å². The molecule has 0 aliphatic carbocycles. The van der Waals surface area contributed by atoms with E-state index in [9.17, 15) is 9.18 Å². The van der Waals surface area contributed by atoms with Gasteiger partial charge in [-0.25, -0.2) is 4.39 Å². The maximum atomic E-state index is 13.6. The molecule has 1 aromatic rings. The molecule has 0 aliphatic rings. The van der Waals surface area contributed by atoms with Gasteiger partial charge in [0.1, 0.15) is 10.2 Å². The van der Waals surface area contributed by atoms with Gasteiger partial charge in [0.05, 0.1) is 20.1 Å². The van der Waals surface area contributed by atoms with Crippen LogP contribution in [0.5, 0.6) is 11.5 Å². The predicted molar refractivity (Wildman–Crippen MR) is 63.3 cm³/mol. The second-order valence-electron chi connectivity index (χ2n) is 3.39. The Hall–Kier alpha value is -1.30. The number of benzene rings is 1. The lowest BCUT2D eigenvalue weighted by molar-refractivity contribution is -0.138. The average Bonchev–Trinajstić information content (AvgIpc) is 2.27. The summed E-state index contributed by atoms with van der Waals surface area (Å²) in [6.45, 7) is 1.46. The third-order valence-corrected chi connectivity index (χ3v) is 3.13. The summed E-state index contributed by atoms with van der Waals surface area (Å²) in [4.78, 5) is 10.9. The maximum Gasteiger partial charge on any atom is 0.310 e. The lowest BCUT2D eigenvalue weighted by Crippen LogP contribution is -2.10. The van der Waals surface area contributed by atoms with Gasteiger partial charge < -0.3 is 14.6 Å². The first kappa shape index (κ1) is 13.8. The van der Waals surface area contributed by atoms with Crippen LogP contribution in [-0.4, -0.2) is 25.3 Å². The summed E-state index contributed by atoms with van der Waals surface area (Å²) in [5.74, 6) is -2.31. The van der Waals surface area contributed by atoms with Crippen LogP contribution in [0.2, 0.25) is 0 Å². The zero-order valence-corrected chi connectivity index (χ0v) is 11.2. The Bertz CT molecular complexity index is 448. The molecule has 94 valence electrons. The highest BCUT2D eigenvalue weighted by Gasteiger charge is 2.24. The molecule has 0 bridgehead atoms. The van der Waals surface area contributed by atoms with Crippen molar-refractivity contribution in [2.45, 2.75) is 12.8 Å². The summed E-state index contributed by atoms with van der Waals surface area (Å²) >= 11 is 3.14. The van der Waals surface area contributed by atoms with Crippen molar-refractivity contribution in [1.29, 1.82) is 0 Å². The highest BCUT2D eigenvalue weighted by Crippen LogP contribution is 2.42. The van der Waals surface area contributed by atoms with Crippen LogP contribution in [-0.2, 0) is 4.79 Å². The molecule has 0 spiro atoms. The van der Waals surface area contributed by atoms with Crippen LogP contribution in [0.1, 0.15) is 18.4 Å². The van der Waals surface area contributed by atoms with Crippen LogP contribution < -0.4 is 9.47 Å². The van der Waals surface area contributed by atoms with Gasteiger partial charge in [0.2, 0.25) is 0 Å². The molecule has 1 unspecified atom stereocenters. The highest BCUT2D eigenvalue weighted by atomic mass is 79.9. The van der Waals surface area contributed by atoms with E-state index in [-0.39, 0.29) is 21.5 Å². The summed E-state index contributed by atoms with van der Waals surface area (Å²) in [5.41, 5.74) is 0.255. The smallest absolute Gasteiger partial charge is 0.310 e. The first-order valence-corrected chi connectivity index (χ1v) is 5.56. The van der Waals surface area contributed by atoms with Gasteiger partial charge >= 0.3 is 5.97 Å². The van der Waals surface area contributed by atoms with Crippen LogP contribution in [0.4, 0.5) is 4.39 Å². The minimum absolute atomic E-state index is 0.0109. The Morgan fingerprint density at radius 2 is 1.94 bits per heavy atom. The molecule has 0 amide bonds. The SMILES string of the molecule is COc1c(F)cc(C(C)C(=O)O)c(OC)c1Br. The molecule has 0 aliphatic heterocycles. The number of halogens is 2. The average molecular weight is 307 g/mol. The molecular formula is C11H12BrFO4. The van der Waals surface area contributed by atoms with E-state index in [1.807, 2.05) is 0 Å². The Morgan fingerprint density at radius 1 is 1.41 bits per heavy atom. The van der Waals surface area contributed by atoms with Gasteiger partial charge in [0.15, 0.2) is 11.6 Å². The molecule has 4 nitrogen and oxygen atoms in total. The molecule has 0 saturated carbocycles. The Labute approximate surface area is 106 Å². The number of ether oxygens (including phenoxy) is 2. The molecule has 1 rings (SSSR count). The number of aliphatic carboxylic acids is 1. The monoisotopic (exact) mass is 306 g/mol. The lowest BCUT2D eigenvalue weighted by Gasteiger charge is -2.16. The molecule has 0 saturated heterocycles. The number of hydrogen-bond donors (Lipinski definition) is 1. The van der Waals surface area contributed by atoms with Crippen LogP contribution in [0, 0.1) is 5.82 Å². The van der Waals surface area contributed by atoms with Gasteiger partial charge in [0.25, 0.3) is 0 Å². The normalized spacial score (nSPS) is 12.1. The maximum absolute atomic E-state index is 13.6. The number of carboxylic acids is 1. The van der Waals surface area contributed by atoms with E-state index in [0.29, 0.717) is 0 Å².